The Kier molecular flexibility index (Phi) is 7.39. The van der Waals surface area contributed by atoms with E-state index >= 15 is 0 Å². The molecule has 0 radical (unpaired) electrons. The molecule has 1 heterocycles. The van der Waals surface area contributed by atoms with Crippen LogP contribution in [-0.2, 0) is 21.6 Å². The minimum atomic E-state index is -0.875. The van der Waals surface area contributed by atoms with Gasteiger partial charge in [-0.1, -0.05) is 53.2 Å². The van der Waals surface area contributed by atoms with Gasteiger partial charge in [0.05, 0.1) is 19.1 Å². The number of hydrogen-bond donors (Lipinski definition) is 3. The Morgan fingerprint density at radius 3 is 2.58 bits per heavy atom. The van der Waals surface area contributed by atoms with E-state index in [1.807, 2.05) is 24.3 Å². The summed E-state index contributed by atoms with van der Waals surface area (Å²) in [5.41, 5.74) is 2.76. The van der Waals surface area contributed by atoms with Gasteiger partial charge in [-0.3, -0.25) is 4.79 Å². The highest BCUT2D eigenvalue weighted by Gasteiger charge is 2.44. The molecule has 1 fully saturated rings. The fraction of sp³-hybridized carbons (Fsp3) is 0.375. The highest BCUT2D eigenvalue weighted by Crippen LogP contribution is 2.48. The normalized spacial score (nSPS) is 15.3. The van der Waals surface area contributed by atoms with E-state index in [1.54, 1.807) is 12.1 Å². The maximum atomic E-state index is 10.5. The maximum Gasteiger partial charge on any atom is 0.304 e. The van der Waals surface area contributed by atoms with Gasteiger partial charge in [0.15, 0.2) is 0 Å². The zero-order valence-electron chi connectivity index (χ0n) is 18.0. The molecule has 33 heavy (non-hydrogen) atoms. The standard InChI is InChI=1S/C24H26ClN3O5/c25-19-7-5-18(6-8-19)24(10-11-24)15-32-14-21-27-23(28-33-21)17-3-1-16(2-4-17)20(29)13-26-12-9-22(30)31/h1-8,20,26,29H,9-15H2,(H,30,31). The van der Waals surface area contributed by atoms with E-state index < -0.39 is 12.1 Å². The third-order valence-electron chi connectivity index (χ3n) is 5.79. The highest BCUT2D eigenvalue weighted by atomic mass is 35.5. The van der Waals surface area contributed by atoms with Crippen molar-refractivity contribution in [3.8, 4) is 11.4 Å². The molecular weight excluding hydrogens is 446 g/mol. The summed E-state index contributed by atoms with van der Waals surface area (Å²) in [7, 11) is 0. The molecule has 1 unspecified atom stereocenters. The first-order chi connectivity index (χ1) is 15.9. The molecule has 2 aromatic carbocycles. The number of ether oxygens (including phenoxy) is 1. The molecule has 1 atom stereocenters. The van der Waals surface area contributed by atoms with Crippen molar-refractivity contribution in [3.63, 3.8) is 0 Å². The summed E-state index contributed by atoms with van der Waals surface area (Å²) in [4.78, 5) is 14.9. The molecule has 1 aliphatic carbocycles. The predicted molar refractivity (Wildman–Crippen MR) is 122 cm³/mol. The van der Waals surface area contributed by atoms with Crippen LogP contribution in [0.2, 0.25) is 5.02 Å². The van der Waals surface area contributed by atoms with E-state index in [1.165, 1.54) is 5.56 Å². The van der Waals surface area contributed by atoms with Gasteiger partial charge in [-0.15, -0.1) is 0 Å². The van der Waals surface area contributed by atoms with Crippen molar-refractivity contribution in [2.75, 3.05) is 19.7 Å². The van der Waals surface area contributed by atoms with Crippen LogP contribution in [0.5, 0.6) is 0 Å². The van der Waals surface area contributed by atoms with E-state index in [0.29, 0.717) is 30.4 Å². The van der Waals surface area contributed by atoms with Gasteiger partial charge in [0.2, 0.25) is 5.82 Å². The molecule has 3 aromatic rings. The zero-order chi connectivity index (χ0) is 23.3. The van der Waals surface area contributed by atoms with E-state index in [4.69, 9.17) is 26.0 Å². The third kappa shape index (κ3) is 6.17. The fourth-order valence-electron chi connectivity index (χ4n) is 3.64. The zero-order valence-corrected chi connectivity index (χ0v) is 18.8. The third-order valence-corrected chi connectivity index (χ3v) is 6.04. The van der Waals surface area contributed by atoms with Crippen molar-refractivity contribution >= 4 is 17.6 Å². The minimum absolute atomic E-state index is 0.0116. The summed E-state index contributed by atoms with van der Waals surface area (Å²) >= 11 is 5.99. The number of aromatic nitrogens is 2. The Balaban J connectivity index is 1.27. The van der Waals surface area contributed by atoms with Gasteiger partial charge in [-0.05, 0) is 36.1 Å². The number of nitrogens with zero attached hydrogens (tertiary/aromatic N) is 2. The van der Waals surface area contributed by atoms with Crippen LogP contribution >= 0.6 is 11.6 Å². The lowest BCUT2D eigenvalue weighted by Gasteiger charge is -2.15. The van der Waals surface area contributed by atoms with Crippen molar-refractivity contribution in [3.05, 3.63) is 70.6 Å². The second kappa shape index (κ2) is 10.4. The number of benzene rings is 2. The quantitative estimate of drug-likeness (QED) is 0.342. The molecule has 0 aliphatic heterocycles. The van der Waals surface area contributed by atoms with Crippen LogP contribution < -0.4 is 5.32 Å². The van der Waals surface area contributed by atoms with Crippen molar-refractivity contribution in [2.24, 2.45) is 0 Å². The fourth-order valence-corrected chi connectivity index (χ4v) is 3.77. The van der Waals surface area contributed by atoms with Crippen molar-refractivity contribution in [1.29, 1.82) is 0 Å². The van der Waals surface area contributed by atoms with Crippen LogP contribution in [0.25, 0.3) is 11.4 Å². The number of halogens is 1. The summed E-state index contributed by atoms with van der Waals surface area (Å²) < 4.78 is 11.2. The summed E-state index contributed by atoms with van der Waals surface area (Å²) in [5, 5.41) is 26.5. The lowest BCUT2D eigenvalue weighted by molar-refractivity contribution is -0.136. The minimum Gasteiger partial charge on any atom is -0.481 e. The number of carboxylic acid groups (broad SMARTS) is 1. The monoisotopic (exact) mass is 471 g/mol. The number of carbonyl (C=O) groups is 1. The van der Waals surface area contributed by atoms with Crippen LogP contribution in [0.1, 0.15) is 42.4 Å². The van der Waals surface area contributed by atoms with Crippen LogP contribution in [-0.4, -0.2) is 46.0 Å². The van der Waals surface area contributed by atoms with Crippen molar-refractivity contribution in [2.45, 2.75) is 37.4 Å². The van der Waals surface area contributed by atoms with Gasteiger partial charge >= 0.3 is 5.97 Å². The molecule has 1 aliphatic rings. The molecule has 4 rings (SSSR count). The number of aliphatic hydroxyl groups excluding tert-OH is 1. The molecule has 0 spiro atoms. The molecule has 1 saturated carbocycles. The molecule has 8 nitrogen and oxygen atoms in total. The smallest absolute Gasteiger partial charge is 0.304 e. The number of carboxylic acids is 1. The molecule has 0 amide bonds. The molecule has 0 bridgehead atoms. The average molecular weight is 472 g/mol. The summed E-state index contributed by atoms with van der Waals surface area (Å²) in [6.07, 6.45) is 1.43. The van der Waals surface area contributed by atoms with E-state index in [9.17, 15) is 9.90 Å². The lowest BCUT2D eigenvalue weighted by Crippen LogP contribution is -2.24. The topological polar surface area (TPSA) is 118 Å². The van der Waals surface area contributed by atoms with Gasteiger partial charge in [-0.2, -0.15) is 4.98 Å². The maximum absolute atomic E-state index is 10.5. The van der Waals surface area contributed by atoms with Gasteiger partial charge < -0.3 is 24.8 Å². The Morgan fingerprint density at radius 1 is 1.18 bits per heavy atom. The van der Waals surface area contributed by atoms with E-state index in [0.717, 1.165) is 23.4 Å². The van der Waals surface area contributed by atoms with E-state index in [-0.39, 0.29) is 25.0 Å². The Labute approximate surface area is 196 Å². The number of nitrogens with one attached hydrogen (secondary N) is 1. The number of rotatable bonds is 12. The molecular formula is C24H26ClN3O5. The molecule has 0 saturated heterocycles. The number of aliphatic hydroxyl groups is 1. The van der Waals surface area contributed by atoms with Gasteiger partial charge in [0.1, 0.15) is 6.61 Å². The van der Waals surface area contributed by atoms with Crippen LogP contribution in [0.15, 0.2) is 53.1 Å². The van der Waals surface area contributed by atoms with Gasteiger partial charge in [-0.25, -0.2) is 0 Å². The highest BCUT2D eigenvalue weighted by molar-refractivity contribution is 6.30. The van der Waals surface area contributed by atoms with Crippen molar-refractivity contribution < 1.29 is 24.3 Å². The Bertz CT molecular complexity index is 1060. The molecule has 1 aromatic heterocycles. The van der Waals surface area contributed by atoms with Crippen LogP contribution in [0.4, 0.5) is 0 Å². The Hall–Kier alpha value is -2.78. The first-order valence-corrected chi connectivity index (χ1v) is 11.2. The van der Waals surface area contributed by atoms with Crippen molar-refractivity contribution in [1.82, 2.24) is 15.5 Å². The summed E-state index contributed by atoms with van der Waals surface area (Å²) in [6.45, 7) is 1.40. The number of hydrogen-bond acceptors (Lipinski definition) is 7. The first kappa shape index (κ1) is 23.4. The van der Waals surface area contributed by atoms with E-state index in [2.05, 4.69) is 27.6 Å². The molecule has 174 valence electrons. The van der Waals surface area contributed by atoms with Crippen LogP contribution in [0.3, 0.4) is 0 Å². The molecule has 9 heteroatoms. The summed E-state index contributed by atoms with van der Waals surface area (Å²) in [6, 6.07) is 15.1. The SMILES string of the molecule is O=C(O)CCNCC(O)c1ccc(-c2noc(COCC3(c4ccc(Cl)cc4)CC3)n2)cc1. The van der Waals surface area contributed by atoms with Crippen LogP contribution in [0, 0.1) is 0 Å². The Morgan fingerprint density at radius 2 is 1.91 bits per heavy atom. The molecule has 3 N–H and O–H groups in total. The summed E-state index contributed by atoms with van der Waals surface area (Å²) in [5.74, 6) is -0.0171. The second-order valence-electron chi connectivity index (χ2n) is 8.28. The number of aliphatic carboxylic acids is 1. The van der Waals surface area contributed by atoms with Gasteiger partial charge in [0.25, 0.3) is 5.89 Å². The lowest BCUT2D eigenvalue weighted by atomic mass is 9.97. The van der Waals surface area contributed by atoms with Gasteiger partial charge in [0, 0.05) is 29.1 Å². The average Bonchev–Trinajstić information content (AvgIpc) is 3.45. The predicted octanol–water partition coefficient (Wildman–Crippen LogP) is 3.74. The largest absolute Gasteiger partial charge is 0.481 e. The first-order valence-electron chi connectivity index (χ1n) is 10.8. The second-order valence-corrected chi connectivity index (χ2v) is 8.71.